The first-order chi connectivity index (χ1) is 19.0. The summed E-state index contributed by atoms with van der Waals surface area (Å²) in [6.07, 6.45) is -0.751. The van der Waals surface area contributed by atoms with Gasteiger partial charge in [0.1, 0.15) is 31.0 Å². The molecule has 2 aromatic carbocycles. The van der Waals surface area contributed by atoms with Crippen molar-refractivity contribution in [2.24, 2.45) is 0 Å². The Bertz CT molecular complexity index is 1350. The topological polar surface area (TPSA) is 199 Å². The average molecular weight is 558 g/mol. The molecule has 2 aromatic rings. The SMILES string of the molecule is COC(=O)[C@@]12C[C@@H](OC(=O)/C=C/c3ccc(O)c(O)c3)[C@@H](O)[C@@H](O1)[C@@H](COC(=O)/C=C/c1ccc(O)c(O)c1)O2. The van der Waals surface area contributed by atoms with Gasteiger partial charge in [0.15, 0.2) is 23.0 Å². The molecule has 2 heterocycles. The first-order valence-corrected chi connectivity index (χ1v) is 11.9. The number of carbonyl (C=O) groups excluding carboxylic acids is 3. The van der Waals surface area contributed by atoms with Crippen LogP contribution in [0.1, 0.15) is 17.5 Å². The molecule has 0 spiro atoms. The maximum absolute atomic E-state index is 12.5. The van der Waals surface area contributed by atoms with Crippen LogP contribution in [0.5, 0.6) is 23.0 Å². The molecule has 13 nitrogen and oxygen atoms in total. The number of methoxy groups -OCH3 is 1. The van der Waals surface area contributed by atoms with Gasteiger partial charge < -0.3 is 49.2 Å². The highest BCUT2D eigenvalue weighted by Crippen LogP contribution is 2.42. The van der Waals surface area contributed by atoms with Crippen molar-refractivity contribution in [1.29, 1.82) is 0 Å². The van der Waals surface area contributed by atoms with Crippen molar-refractivity contribution in [1.82, 2.24) is 0 Å². The Morgan fingerprint density at radius 1 is 0.900 bits per heavy atom. The quantitative estimate of drug-likeness (QED) is 0.134. The highest BCUT2D eigenvalue weighted by atomic mass is 16.8. The van der Waals surface area contributed by atoms with Crippen LogP contribution in [0.2, 0.25) is 0 Å². The van der Waals surface area contributed by atoms with Gasteiger partial charge in [-0.15, -0.1) is 0 Å². The van der Waals surface area contributed by atoms with Gasteiger partial charge in [-0.3, -0.25) is 0 Å². The maximum atomic E-state index is 12.5. The van der Waals surface area contributed by atoms with E-state index < -0.39 is 61.1 Å². The van der Waals surface area contributed by atoms with Crippen molar-refractivity contribution in [3.8, 4) is 23.0 Å². The number of aromatic hydroxyl groups is 4. The third kappa shape index (κ3) is 6.17. The summed E-state index contributed by atoms with van der Waals surface area (Å²) in [6.45, 7) is -0.435. The molecule has 2 saturated heterocycles. The van der Waals surface area contributed by atoms with Crippen molar-refractivity contribution < 1.29 is 63.6 Å². The van der Waals surface area contributed by atoms with Crippen molar-refractivity contribution in [3.05, 3.63) is 59.7 Å². The van der Waals surface area contributed by atoms with Crippen LogP contribution in [-0.2, 0) is 38.1 Å². The van der Waals surface area contributed by atoms with E-state index >= 15 is 0 Å². The summed E-state index contributed by atoms with van der Waals surface area (Å²) in [5.74, 6) is -6.06. The van der Waals surface area contributed by atoms with Gasteiger partial charge in [0, 0.05) is 12.2 Å². The molecule has 5 atom stereocenters. The predicted molar refractivity (Wildman–Crippen MR) is 134 cm³/mol. The number of phenols is 4. The van der Waals surface area contributed by atoms with Crippen molar-refractivity contribution in [3.63, 3.8) is 0 Å². The molecule has 2 bridgehead atoms. The number of carbonyl (C=O) groups is 3. The van der Waals surface area contributed by atoms with Gasteiger partial charge in [0.2, 0.25) is 0 Å². The number of hydrogen-bond donors (Lipinski definition) is 5. The molecule has 0 radical (unpaired) electrons. The van der Waals surface area contributed by atoms with Crippen molar-refractivity contribution in [2.75, 3.05) is 13.7 Å². The van der Waals surface area contributed by atoms with E-state index in [1.807, 2.05) is 0 Å². The normalized spacial score (nSPS) is 25.6. The van der Waals surface area contributed by atoms with Crippen LogP contribution in [-0.4, -0.2) is 87.4 Å². The van der Waals surface area contributed by atoms with Crippen molar-refractivity contribution >= 4 is 30.1 Å². The maximum Gasteiger partial charge on any atom is 0.366 e. The monoisotopic (exact) mass is 558 g/mol. The van der Waals surface area contributed by atoms with E-state index in [4.69, 9.17) is 23.7 Å². The van der Waals surface area contributed by atoms with Gasteiger partial charge >= 0.3 is 17.9 Å². The van der Waals surface area contributed by atoms with Crippen molar-refractivity contribution in [2.45, 2.75) is 36.6 Å². The zero-order valence-corrected chi connectivity index (χ0v) is 21.0. The number of benzene rings is 2. The van der Waals surface area contributed by atoms with Gasteiger partial charge in [-0.25, -0.2) is 14.4 Å². The van der Waals surface area contributed by atoms with Crippen LogP contribution in [0, 0.1) is 0 Å². The summed E-state index contributed by atoms with van der Waals surface area (Å²) in [4.78, 5) is 37.2. The molecule has 2 aliphatic heterocycles. The number of hydrogen-bond acceptors (Lipinski definition) is 13. The third-order valence-electron chi connectivity index (χ3n) is 6.20. The second kappa shape index (κ2) is 11.7. The summed E-state index contributed by atoms with van der Waals surface area (Å²) in [5.41, 5.74) is 0.789. The fraction of sp³-hybridized carbons (Fsp3) is 0.296. The van der Waals surface area contributed by atoms with Crippen LogP contribution >= 0.6 is 0 Å². The Morgan fingerprint density at radius 2 is 1.48 bits per heavy atom. The Morgan fingerprint density at radius 3 is 2.02 bits per heavy atom. The first-order valence-electron chi connectivity index (χ1n) is 11.9. The lowest BCUT2D eigenvalue weighted by Crippen LogP contribution is -2.55. The molecule has 0 amide bonds. The summed E-state index contributed by atoms with van der Waals surface area (Å²) in [7, 11) is 1.10. The lowest BCUT2D eigenvalue weighted by molar-refractivity contribution is -0.249. The molecule has 0 unspecified atom stereocenters. The number of aliphatic hydroxyl groups excluding tert-OH is 1. The van der Waals surface area contributed by atoms with E-state index in [1.54, 1.807) is 0 Å². The average Bonchev–Trinajstić information content (AvgIpc) is 3.26. The van der Waals surface area contributed by atoms with Gasteiger partial charge in [0.05, 0.1) is 13.5 Å². The lowest BCUT2D eigenvalue weighted by Gasteiger charge is -2.36. The Hall–Kier alpha value is -4.59. The number of phenolic OH excluding ortho intramolecular Hbond substituents is 4. The fourth-order valence-electron chi connectivity index (χ4n) is 4.21. The van der Waals surface area contributed by atoms with Gasteiger partial charge in [-0.2, -0.15) is 0 Å². The molecule has 0 saturated carbocycles. The molecule has 2 aliphatic rings. The largest absolute Gasteiger partial charge is 0.504 e. The molecule has 0 aromatic heterocycles. The highest BCUT2D eigenvalue weighted by molar-refractivity contribution is 5.88. The second-order valence-electron chi connectivity index (χ2n) is 8.95. The van der Waals surface area contributed by atoms with E-state index in [1.165, 1.54) is 48.6 Å². The molecule has 40 heavy (non-hydrogen) atoms. The summed E-state index contributed by atoms with van der Waals surface area (Å²) < 4.78 is 26.7. The van der Waals surface area contributed by atoms with Gasteiger partial charge in [-0.05, 0) is 47.5 Å². The zero-order valence-electron chi connectivity index (χ0n) is 21.0. The summed E-state index contributed by atoms with van der Waals surface area (Å²) in [5, 5.41) is 48.7. The van der Waals surface area contributed by atoms with E-state index in [9.17, 15) is 39.9 Å². The fourth-order valence-corrected chi connectivity index (χ4v) is 4.21. The smallest absolute Gasteiger partial charge is 0.366 e. The minimum atomic E-state index is -2.02. The molecule has 212 valence electrons. The van der Waals surface area contributed by atoms with Crippen LogP contribution in [0.3, 0.4) is 0 Å². The lowest BCUT2D eigenvalue weighted by atomic mass is 9.95. The predicted octanol–water partition coefficient (Wildman–Crippen LogP) is 1.11. The van der Waals surface area contributed by atoms with Crippen LogP contribution in [0.25, 0.3) is 12.2 Å². The number of rotatable bonds is 8. The summed E-state index contributed by atoms with van der Waals surface area (Å²) >= 11 is 0. The van der Waals surface area contributed by atoms with E-state index in [0.717, 1.165) is 19.3 Å². The Labute approximate surface area is 227 Å². The van der Waals surface area contributed by atoms with Crippen LogP contribution < -0.4 is 0 Å². The number of esters is 3. The Balaban J connectivity index is 1.41. The molecular weight excluding hydrogens is 532 g/mol. The van der Waals surface area contributed by atoms with Crippen LogP contribution in [0.4, 0.5) is 0 Å². The number of aliphatic hydroxyl groups is 1. The second-order valence-corrected chi connectivity index (χ2v) is 8.95. The minimum absolute atomic E-state index is 0.319. The highest BCUT2D eigenvalue weighted by Gasteiger charge is 2.63. The van der Waals surface area contributed by atoms with Gasteiger partial charge in [0.25, 0.3) is 5.79 Å². The number of fused-ring (bicyclic) bond motifs is 2. The third-order valence-corrected chi connectivity index (χ3v) is 6.20. The molecule has 5 N–H and O–H groups in total. The summed E-state index contributed by atoms with van der Waals surface area (Å²) in [6, 6.07) is 7.83. The molecular formula is C27H26O13. The van der Waals surface area contributed by atoms with Gasteiger partial charge in [-0.1, -0.05) is 12.1 Å². The molecule has 2 fully saturated rings. The van der Waals surface area contributed by atoms with E-state index in [2.05, 4.69) is 0 Å². The molecule has 13 heteroatoms. The Kier molecular flexibility index (Phi) is 8.28. The number of ether oxygens (including phenoxy) is 5. The molecule has 0 aliphatic carbocycles. The van der Waals surface area contributed by atoms with E-state index in [-0.39, 0.29) is 23.0 Å². The van der Waals surface area contributed by atoms with Crippen LogP contribution in [0.15, 0.2) is 48.6 Å². The zero-order chi connectivity index (χ0) is 29.0. The first kappa shape index (κ1) is 28.4. The van der Waals surface area contributed by atoms with E-state index in [0.29, 0.717) is 11.1 Å². The standard InChI is InChI=1S/C27H26O13/c1-36-26(35)27-12-20(38-23(33)9-5-15-3-7-17(29)19(31)11-15)24(34)25(40-27)21(39-27)13-37-22(32)8-4-14-2-6-16(28)18(30)10-14/h2-11,20-21,24-25,28-31,34H,12-13H2,1H3/b8-4+,9-5+/t20-,21-,24-,25+,27-/m1/s1. The molecule has 4 rings (SSSR count). The minimum Gasteiger partial charge on any atom is -0.504 e.